The highest BCUT2D eigenvalue weighted by atomic mass is 32.2. The predicted molar refractivity (Wildman–Crippen MR) is 117 cm³/mol. The van der Waals surface area contributed by atoms with Crippen molar-refractivity contribution >= 4 is 40.3 Å². The van der Waals surface area contributed by atoms with E-state index < -0.39 is 6.04 Å². The summed E-state index contributed by atoms with van der Waals surface area (Å²) in [6.07, 6.45) is 0.535. The standard InChI is InChI=1S/C22H22N4O2S/c1-14(2)23-19(27)13-29-22-25-17-11-7-6-10-16(17)20-24-18(21(28)26(20)22)12-15-8-4-3-5-9-15/h3-11,14,18H,12-13H2,1-2H3,(H,23,27)/t18-/m1/s1. The lowest BCUT2D eigenvalue weighted by Crippen LogP contribution is -2.42. The largest absolute Gasteiger partial charge is 0.353 e. The number of hydrogen-bond acceptors (Lipinski definition) is 5. The van der Waals surface area contributed by atoms with E-state index in [4.69, 9.17) is 4.99 Å². The normalized spacial score (nSPS) is 17.6. The molecule has 2 aromatic rings. The van der Waals surface area contributed by atoms with E-state index in [1.807, 2.05) is 68.4 Å². The molecule has 2 aliphatic heterocycles. The first kappa shape index (κ1) is 19.4. The zero-order valence-corrected chi connectivity index (χ0v) is 17.1. The van der Waals surface area contributed by atoms with Gasteiger partial charge in [-0.25, -0.2) is 9.89 Å². The smallest absolute Gasteiger partial charge is 0.259 e. The molecule has 0 saturated carbocycles. The summed E-state index contributed by atoms with van der Waals surface area (Å²) >= 11 is 1.26. The van der Waals surface area contributed by atoms with Crippen LogP contribution in [0.15, 0.2) is 64.6 Å². The van der Waals surface area contributed by atoms with Gasteiger partial charge in [0, 0.05) is 18.0 Å². The molecule has 6 nitrogen and oxygen atoms in total. The third-order valence-electron chi connectivity index (χ3n) is 4.60. The molecule has 2 aromatic carbocycles. The molecule has 0 spiro atoms. The van der Waals surface area contributed by atoms with Gasteiger partial charge in [0.05, 0.1) is 11.4 Å². The van der Waals surface area contributed by atoms with E-state index in [1.54, 1.807) is 4.90 Å². The molecule has 1 atom stereocenters. The molecule has 0 fully saturated rings. The Hall–Kier alpha value is -2.93. The van der Waals surface area contributed by atoms with Crippen LogP contribution in [0.5, 0.6) is 0 Å². The van der Waals surface area contributed by atoms with Crippen molar-refractivity contribution < 1.29 is 9.59 Å². The Kier molecular flexibility index (Phi) is 5.49. The minimum absolute atomic E-state index is 0.0675. The third-order valence-corrected chi connectivity index (χ3v) is 5.54. The van der Waals surface area contributed by atoms with Crippen LogP contribution in [0.3, 0.4) is 0 Å². The first-order chi connectivity index (χ1) is 14.0. The molecule has 2 amide bonds. The number of nitrogens with one attached hydrogen (secondary N) is 1. The number of amides is 2. The van der Waals surface area contributed by atoms with Crippen LogP contribution in [0.4, 0.5) is 5.69 Å². The van der Waals surface area contributed by atoms with E-state index in [1.165, 1.54) is 11.8 Å². The molecule has 0 aromatic heterocycles. The van der Waals surface area contributed by atoms with E-state index in [2.05, 4.69) is 10.3 Å². The Morgan fingerprint density at radius 1 is 1.14 bits per heavy atom. The van der Waals surface area contributed by atoms with Crippen molar-refractivity contribution in [3.63, 3.8) is 0 Å². The van der Waals surface area contributed by atoms with E-state index in [9.17, 15) is 9.59 Å². The van der Waals surface area contributed by atoms with Crippen molar-refractivity contribution in [2.45, 2.75) is 32.4 Å². The van der Waals surface area contributed by atoms with Crippen LogP contribution in [0.1, 0.15) is 25.0 Å². The zero-order chi connectivity index (χ0) is 20.4. The second kappa shape index (κ2) is 8.21. The highest BCUT2D eigenvalue weighted by Gasteiger charge is 2.41. The molecule has 0 aliphatic carbocycles. The number of rotatable bonds is 5. The van der Waals surface area contributed by atoms with Gasteiger partial charge in [-0.1, -0.05) is 54.2 Å². The van der Waals surface area contributed by atoms with Crippen molar-refractivity contribution in [3.05, 3.63) is 65.7 Å². The molecule has 1 N–H and O–H groups in total. The Labute approximate surface area is 174 Å². The Balaban J connectivity index is 1.61. The third kappa shape index (κ3) is 4.10. The molecule has 2 aliphatic rings. The number of fused-ring (bicyclic) bond motifs is 3. The molecule has 148 valence electrons. The van der Waals surface area contributed by atoms with Crippen LogP contribution in [-0.4, -0.2) is 45.6 Å². The zero-order valence-electron chi connectivity index (χ0n) is 16.3. The maximum Gasteiger partial charge on any atom is 0.259 e. The van der Waals surface area contributed by atoms with Gasteiger partial charge in [0.25, 0.3) is 5.91 Å². The number of aliphatic imine (C=N–C) groups is 2. The summed E-state index contributed by atoms with van der Waals surface area (Å²) in [4.78, 5) is 36.3. The number of hydrogen-bond donors (Lipinski definition) is 1. The number of para-hydroxylation sites is 1. The Morgan fingerprint density at radius 2 is 1.86 bits per heavy atom. The molecule has 0 saturated heterocycles. The monoisotopic (exact) mass is 406 g/mol. The first-order valence-electron chi connectivity index (χ1n) is 9.59. The van der Waals surface area contributed by atoms with Gasteiger partial charge in [-0.15, -0.1) is 0 Å². The van der Waals surface area contributed by atoms with Crippen molar-refractivity contribution in [1.82, 2.24) is 10.2 Å². The molecule has 29 heavy (non-hydrogen) atoms. The number of carbonyl (C=O) groups excluding carboxylic acids is 2. The average molecular weight is 407 g/mol. The Bertz CT molecular complexity index is 1000. The molecular weight excluding hydrogens is 384 g/mol. The van der Waals surface area contributed by atoms with Crippen LogP contribution in [0.25, 0.3) is 0 Å². The van der Waals surface area contributed by atoms with Crippen LogP contribution >= 0.6 is 11.8 Å². The minimum Gasteiger partial charge on any atom is -0.353 e. The molecule has 0 radical (unpaired) electrons. The van der Waals surface area contributed by atoms with E-state index >= 15 is 0 Å². The maximum atomic E-state index is 13.2. The molecule has 0 unspecified atom stereocenters. The Morgan fingerprint density at radius 3 is 2.62 bits per heavy atom. The number of thioether (sulfide) groups is 1. The lowest BCUT2D eigenvalue weighted by Gasteiger charge is -2.25. The van der Waals surface area contributed by atoms with Gasteiger partial charge in [0.2, 0.25) is 5.91 Å². The first-order valence-corrected chi connectivity index (χ1v) is 10.6. The number of benzene rings is 2. The van der Waals surface area contributed by atoms with Crippen LogP contribution in [0, 0.1) is 0 Å². The van der Waals surface area contributed by atoms with Crippen molar-refractivity contribution in [2.24, 2.45) is 9.98 Å². The molecule has 4 rings (SSSR count). The molecule has 7 heteroatoms. The number of carbonyl (C=O) groups is 2. The highest BCUT2D eigenvalue weighted by molar-refractivity contribution is 8.14. The van der Waals surface area contributed by atoms with Gasteiger partial charge >= 0.3 is 0 Å². The fourth-order valence-electron chi connectivity index (χ4n) is 3.36. The second-order valence-electron chi connectivity index (χ2n) is 7.25. The van der Waals surface area contributed by atoms with Gasteiger partial charge in [0.15, 0.2) is 5.17 Å². The van der Waals surface area contributed by atoms with E-state index in [0.29, 0.717) is 17.4 Å². The molecular formula is C22H22N4O2S. The minimum atomic E-state index is -0.492. The van der Waals surface area contributed by atoms with E-state index in [-0.39, 0.29) is 23.6 Å². The summed E-state index contributed by atoms with van der Waals surface area (Å²) in [5.41, 5.74) is 2.67. The summed E-state index contributed by atoms with van der Waals surface area (Å²) in [7, 11) is 0. The lowest BCUT2D eigenvalue weighted by atomic mass is 10.1. The summed E-state index contributed by atoms with van der Waals surface area (Å²) in [6, 6.07) is 17.1. The van der Waals surface area contributed by atoms with Gasteiger partial charge in [0.1, 0.15) is 11.9 Å². The van der Waals surface area contributed by atoms with Crippen molar-refractivity contribution in [1.29, 1.82) is 0 Å². The van der Waals surface area contributed by atoms with Crippen LogP contribution < -0.4 is 5.32 Å². The average Bonchev–Trinajstić information content (AvgIpc) is 3.03. The SMILES string of the molecule is CC(C)NC(=O)CSC1=Nc2ccccc2C2=N[C@H](Cc3ccccc3)C(=O)N12. The van der Waals surface area contributed by atoms with Gasteiger partial charge in [-0.3, -0.25) is 14.6 Å². The van der Waals surface area contributed by atoms with Gasteiger partial charge in [-0.05, 0) is 31.5 Å². The molecule has 0 bridgehead atoms. The summed E-state index contributed by atoms with van der Waals surface area (Å²) in [5, 5.41) is 3.37. The predicted octanol–water partition coefficient (Wildman–Crippen LogP) is 3.15. The topological polar surface area (TPSA) is 74.1 Å². The van der Waals surface area contributed by atoms with Gasteiger partial charge in [-0.2, -0.15) is 0 Å². The summed E-state index contributed by atoms with van der Waals surface area (Å²) in [5.74, 6) is 0.624. The van der Waals surface area contributed by atoms with Crippen LogP contribution in [-0.2, 0) is 16.0 Å². The fraction of sp³-hybridized carbons (Fsp3) is 0.273. The van der Waals surface area contributed by atoms with E-state index in [0.717, 1.165) is 16.8 Å². The lowest BCUT2D eigenvalue weighted by molar-refractivity contribution is -0.124. The molecule has 2 heterocycles. The number of nitrogens with zero attached hydrogens (tertiary/aromatic N) is 3. The fourth-order valence-corrected chi connectivity index (χ4v) is 4.17. The quantitative estimate of drug-likeness (QED) is 0.829. The summed E-state index contributed by atoms with van der Waals surface area (Å²) < 4.78 is 0. The van der Waals surface area contributed by atoms with Gasteiger partial charge < -0.3 is 5.32 Å². The van der Waals surface area contributed by atoms with Crippen molar-refractivity contribution in [3.8, 4) is 0 Å². The van der Waals surface area contributed by atoms with Crippen LogP contribution in [0.2, 0.25) is 0 Å². The summed E-state index contributed by atoms with van der Waals surface area (Å²) in [6.45, 7) is 3.83. The highest BCUT2D eigenvalue weighted by Crippen LogP contribution is 2.34. The second-order valence-corrected chi connectivity index (χ2v) is 8.20. The maximum absolute atomic E-state index is 13.2. The number of amidine groups is 2. The van der Waals surface area contributed by atoms with Crippen molar-refractivity contribution in [2.75, 3.05) is 5.75 Å².